The van der Waals surface area contributed by atoms with Crippen molar-refractivity contribution in [1.82, 2.24) is 14.9 Å². The highest BCUT2D eigenvalue weighted by Crippen LogP contribution is 2.22. The van der Waals surface area contributed by atoms with Crippen LogP contribution in [0.15, 0.2) is 52.4 Å². The summed E-state index contributed by atoms with van der Waals surface area (Å²) < 4.78 is 13.0. The smallest absolute Gasteiger partial charge is 0.262 e. The molecule has 0 bridgehead atoms. The summed E-state index contributed by atoms with van der Waals surface area (Å²) in [6.45, 7) is 4.20. The first-order valence-electron chi connectivity index (χ1n) is 13.0. The van der Waals surface area contributed by atoms with Crippen molar-refractivity contribution in [2.45, 2.75) is 56.5 Å². The van der Waals surface area contributed by atoms with Crippen LogP contribution >= 0.6 is 11.8 Å². The average Bonchev–Trinajstić information content (AvgIpc) is 3.63. The third kappa shape index (κ3) is 6.43. The van der Waals surface area contributed by atoms with E-state index >= 15 is 0 Å². The zero-order chi connectivity index (χ0) is 26.5. The number of nitrogens with zero attached hydrogens (tertiary/aromatic N) is 2. The van der Waals surface area contributed by atoms with Crippen LogP contribution in [-0.2, 0) is 20.8 Å². The Balaban J connectivity index is 1.37. The molecule has 1 aromatic heterocycles. The Kier molecular flexibility index (Phi) is 8.41. The number of rotatable bonds is 9. The van der Waals surface area contributed by atoms with Crippen LogP contribution in [-0.4, -0.2) is 59.1 Å². The summed E-state index contributed by atoms with van der Waals surface area (Å²) in [6.07, 6.45) is 3.72. The van der Waals surface area contributed by atoms with E-state index in [1.165, 1.54) is 11.8 Å². The van der Waals surface area contributed by atoms with Gasteiger partial charge in [0.25, 0.3) is 11.5 Å². The number of benzene rings is 2. The Morgan fingerprint density at radius 1 is 1.05 bits per heavy atom. The molecule has 2 aliphatic heterocycles. The van der Waals surface area contributed by atoms with Crippen LogP contribution in [0.1, 0.15) is 41.6 Å². The number of nitrogens with one attached hydrogen (secondary N) is 2. The molecule has 0 unspecified atom stereocenters. The number of ether oxygens (including phenoxy) is 2. The predicted molar refractivity (Wildman–Crippen MR) is 147 cm³/mol. The number of hydrogen-bond acceptors (Lipinski definition) is 7. The van der Waals surface area contributed by atoms with Gasteiger partial charge in [-0.1, -0.05) is 29.5 Å². The molecule has 0 radical (unpaired) electrons. The van der Waals surface area contributed by atoms with Crippen molar-refractivity contribution in [2.24, 2.45) is 0 Å². The van der Waals surface area contributed by atoms with Crippen LogP contribution in [0.2, 0.25) is 0 Å². The molecule has 9 nitrogen and oxygen atoms in total. The van der Waals surface area contributed by atoms with Crippen molar-refractivity contribution >= 4 is 40.2 Å². The Labute approximate surface area is 225 Å². The van der Waals surface area contributed by atoms with Crippen molar-refractivity contribution in [3.63, 3.8) is 0 Å². The molecule has 0 spiro atoms. The summed E-state index contributed by atoms with van der Waals surface area (Å²) in [6, 6.07) is 12.5. The van der Waals surface area contributed by atoms with Crippen LogP contribution < -0.4 is 16.2 Å². The van der Waals surface area contributed by atoms with Crippen molar-refractivity contribution in [1.29, 1.82) is 0 Å². The standard InChI is InChI=1S/C28H32N4O5S/c1-18-6-9-20(10-7-18)30-25(33)17-38-28-31-24-14-19(26(34)29-15-21-4-2-12-36-21)8-11-23(24)27(35)32(28)16-22-5-3-13-37-22/h6-11,14,21-22H,2-5,12-13,15-17H2,1H3,(H,29,34)(H,30,33)/t21-,22-/m0/s1. The minimum Gasteiger partial charge on any atom is -0.376 e. The lowest BCUT2D eigenvalue weighted by atomic mass is 10.1. The number of hydrogen-bond donors (Lipinski definition) is 2. The molecular formula is C28H32N4O5S. The molecule has 3 heterocycles. The minimum absolute atomic E-state index is 0.0385. The van der Waals surface area contributed by atoms with Gasteiger partial charge < -0.3 is 20.1 Å². The van der Waals surface area contributed by atoms with Gasteiger partial charge in [0.1, 0.15) is 0 Å². The van der Waals surface area contributed by atoms with E-state index in [-0.39, 0.29) is 35.3 Å². The molecule has 2 fully saturated rings. The van der Waals surface area contributed by atoms with E-state index in [0.717, 1.165) is 37.9 Å². The molecule has 200 valence electrons. The van der Waals surface area contributed by atoms with E-state index in [1.807, 2.05) is 31.2 Å². The third-order valence-electron chi connectivity index (χ3n) is 6.77. The van der Waals surface area contributed by atoms with Crippen LogP contribution in [0.5, 0.6) is 0 Å². The topological polar surface area (TPSA) is 112 Å². The number of amides is 2. The summed E-state index contributed by atoms with van der Waals surface area (Å²) in [7, 11) is 0. The van der Waals surface area contributed by atoms with E-state index in [9.17, 15) is 14.4 Å². The van der Waals surface area contributed by atoms with E-state index < -0.39 is 0 Å². The highest BCUT2D eigenvalue weighted by molar-refractivity contribution is 7.99. The molecule has 2 N–H and O–H groups in total. The highest BCUT2D eigenvalue weighted by Gasteiger charge is 2.22. The van der Waals surface area contributed by atoms with E-state index in [1.54, 1.807) is 22.8 Å². The molecule has 0 aliphatic carbocycles. The SMILES string of the molecule is Cc1ccc(NC(=O)CSc2nc3cc(C(=O)NC[C@@H]4CCCO4)ccc3c(=O)n2C[C@@H]2CCCO2)cc1. The van der Waals surface area contributed by atoms with Crippen LogP contribution in [0.25, 0.3) is 10.9 Å². The number of fused-ring (bicyclic) bond motifs is 1. The Morgan fingerprint density at radius 3 is 2.50 bits per heavy atom. The Morgan fingerprint density at radius 2 is 1.79 bits per heavy atom. The first-order valence-corrected chi connectivity index (χ1v) is 14.0. The second-order valence-electron chi connectivity index (χ2n) is 9.73. The molecule has 5 rings (SSSR count). The molecule has 3 aromatic rings. The highest BCUT2D eigenvalue weighted by atomic mass is 32.2. The van der Waals surface area contributed by atoms with Crippen LogP contribution in [0, 0.1) is 6.92 Å². The fourth-order valence-corrected chi connectivity index (χ4v) is 5.49. The quantitative estimate of drug-likeness (QED) is 0.318. The van der Waals surface area contributed by atoms with E-state index in [4.69, 9.17) is 14.5 Å². The van der Waals surface area contributed by atoms with Gasteiger partial charge in [-0.3, -0.25) is 19.0 Å². The molecule has 2 aromatic carbocycles. The van der Waals surface area contributed by atoms with Crippen molar-refractivity contribution in [2.75, 3.05) is 30.8 Å². The van der Waals surface area contributed by atoms with Crippen LogP contribution in [0.3, 0.4) is 0 Å². The van der Waals surface area contributed by atoms with Gasteiger partial charge in [0.15, 0.2) is 5.16 Å². The lowest BCUT2D eigenvalue weighted by Gasteiger charge is -2.17. The molecule has 2 amide bonds. The molecular weight excluding hydrogens is 504 g/mol. The molecule has 38 heavy (non-hydrogen) atoms. The molecule has 2 atom stereocenters. The fourth-order valence-electron chi connectivity index (χ4n) is 4.68. The van der Waals surface area contributed by atoms with Gasteiger partial charge in [-0.05, 0) is 62.9 Å². The van der Waals surface area contributed by atoms with Gasteiger partial charge in [-0.15, -0.1) is 0 Å². The van der Waals surface area contributed by atoms with Crippen LogP contribution in [0.4, 0.5) is 5.69 Å². The largest absolute Gasteiger partial charge is 0.376 e. The first-order chi connectivity index (χ1) is 18.5. The van der Waals surface area contributed by atoms with E-state index in [0.29, 0.717) is 47.0 Å². The monoisotopic (exact) mass is 536 g/mol. The minimum atomic E-state index is -0.237. The predicted octanol–water partition coefficient (Wildman–Crippen LogP) is 3.52. The van der Waals surface area contributed by atoms with Crippen molar-refractivity contribution in [3.05, 3.63) is 63.9 Å². The summed E-state index contributed by atoms with van der Waals surface area (Å²) in [5.74, 6) is -0.350. The second kappa shape index (κ2) is 12.1. The second-order valence-corrected chi connectivity index (χ2v) is 10.7. The number of thioether (sulfide) groups is 1. The van der Waals surface area contributed by atoms with Gasteiger partial charge in [0, 0.05) is 31.0 Å². The summed E-state index contributed by atoms with van der Waals surface area (Å²) in [5, 5.41) is 6.64. The molecule has 2 aliphatic rings. The first kappa shape index (κ1) is 26.4. The number of carbonyl (C=O) groups is 2. The molecule has 10 heteroatoms. The number of aromatic nitrogens is 2. The van der Waals surface area contributed by atoms with Gasteiger partial charge in [-0.25, -0.2) is 4.98 Å². The maximum Gasteiger partial charge on any atom is 0.262 e. The average molecular weight is 537 g/mol. The molecule has 2 saturated heterocycles. The maximum absolute atomic E-state index is 13.5. The number of carbonyl (C=O) groups excluding carboxylic acids is 2. The number of anilines is 1. The zero-order valence-corrected chi connectivity index (χ0v) is 22.2. The zero-order valence-electron chi connectivity index (χ0n) is 21.4. The summed E-state index contributed by atoms with van der Waals surface area (Å²) in [4.78, 5) is 43.7. The maximum atomic E-state index is 13.5. The Hall–Kier alpha value is -3.21. The van der Waals surface area contributed by atoms with Gasteiger partial charge >= 0.3 is 0 Å². The van der Waals surface area contributed by atoms with Crippen molar-refractivity contribution in [3.8, 4) is 0 Å². The summed E-state index contributed by atoms with van der Waals surface area (Å²) >= 11 is 1.20. The Bertz CT molecular complexity index is 1360. The normalized spacial score (nSPS) is 19.1. The lowest BCUT2D eigenvalue weighted by Crippen LogP contribution is -2.32. The van der Waals surface area contributed by atoms with Gasteiger partial charge in [-0.2, -0.15) is 0 Å². The van der Waals surface area contributed by atoms with Crippen molar-refractivity contribution < 1.29 is 19.1 Å². The van der Waals surface area contributed by atoms with Gasteiger partial charge in [0.2, 0.25) is 5.91 Å². The van der Waals surface area contributed by atoms with E-state index in [2.05, 4.69) is 10.6 Å². The molecule has 0 saturated carbocycles. The van der Waals surface area contributed by atoms with Gasteiger partial charge in [0.05, 0.1) is 35.4 Å². The number of aryl methyl sites for hydroxylation is 1. The summed E-state index contributed by atoms with van der Waals surface area (Å²) in [5.41, 5.74) is 2.45. The third-order valence-corrected chi connectivity index (χ3v) is 7.75. The lowest BCUT2D eigenvalue weighted by molar-refractivity contribution is -0.113. The fraction of sp³-hybridized carbons (Fsp3) is 0.429.